The standard InChI is InChI=1S/C11H10ClF3O3/c1-2-11(14,15)6-3-7(12)8(13)4-9(6)18-5-10(16)17/h3-4H,2,5H2,1H3,(H,16,17). The lowest BCUT2D eigenvalue weighted by Crippen LogP contribution is -2.17. The van der Waals surface area contributed by atoms with Crippen molar-refractivity contribution in [2.75, 3.05) is 6.61 Å². The molecule has 18 heavy (non-hydrogen) atoms. The SMILES string of the molecule is CCC(F)(F)c1cc(Cl)c(F)cc1OCC(=O)O. The molecule has 1 N–H and O–H groups in total. The van der Waals surface area contributed by atoms with Crippen LogP contribution in [0, 0.1) is 5.82 Å². The Bertz CT molecular complexity index is 463. The topological polar surface area (TPSA) is 46.5 Å². The highest BCUT2D eigenvalue weighted by Gasteiger charge is 2.33. The zero-order valence-electron chi connectivity index (χ0n) is 9.34. The highest BCUT2D eigenvalue weighted by atomic mass is 35.5. The van der Waals surface area contributed by atoms with Crippen LogP contribution in [0.2, 0.25) is 5.02 Å². The Labute approximate surface area is 106 Å². The van der Waals surface area contributed by atoms with Gasteiger partial charge in [0.15, 0.2) is 6.61 Å². The van der Waals surface area contributed by atoms with E-state index >= 15 is 0 Å². The molecule has 0 atom stereocenters. The zero-order valence-corrected chi connectivity index (χ0v) is 10.1. The highest BCUT2D eigenvalue weighted by molar-refractivity contribution is 6.30. The van der Waals surface area contributed by atoms with Crippen LogP contribution in [0.25, 0.3) is 0 Å². The molecule has 100 valence electrons. The minimum absolute atomic E-state index is 0.471. The van der Waals surface area contributed by atoms with Crippen LogP contribution in [0.1, 0.15) is 18.9 Å². The van der Waals surface area contributed by atoms with E-state index in [2.05, 4.69) is 4.74 Å². The molecule has 0 saturated heterocycles. The van der Waals surface area contributed by atoms with Gasteiger partial charge in [-0.25, -0.2) is 18.0 Å². The highest BCUT2D eigenvalue weighted by Crippen LogP contribution is 2.39. The molecule has 0 unspecified atom stereocenters. The van der Waals surface area contributed by atoms with Gasteiger partial charge in [0.2, 0.25) is 0 Å². The van der Waals surface area contributed by atoms with Crippen molar-refractivity contribution in [3.05, 3.63) is 28.5 Å². The maximum atomic E-state index is 13.6. The fourth-order valence-electron chi connectivity index (χ4n) is 1.26. The first-order chi connectivity index (χ1) is 8.27. The van der Waals surface area contributed by atoms with Gasteiger partial charge in [0.25, 0.3) is 5.92 Å². The Morgan fingerprint density at radius 2 is 2.11 bits per heavy atom. The van der Waals surface area contributed by atoms with Crippen molar-refractivity contribution in [3.63, 3.8) is 0 Å². The number of alkyl halides is 2. The number of hydrogen-bond acceptors (Lipinski definition) is 2. The molecule has 0 saturated carbocycles. The number of ether oxygens (including phenoxy) is 1. The third kappa shape index (κ3) is 3.29. The van der Waals surface area contributed by atoms with Gasteiger partial charge in [-0.3, -0.25) is 0 Å². The van der Waals surface area contributed by atoms with E-state index < -0.39 is 47.1 Å². The Kier molecular flexibility index (Phi) is 4.45. The fraction of sp³-hybridized carbons (Fsp3) is 0.364. The van der Waals surface area contributed by atoms with Gasteiger partial charge < -0.3 is 9.84 Å². The first kappa shape index (κ1) is 14.6. The molecule has 0 aromatic heterocycles. The first-order valence-electron chi connectivity index (χ1n) is 5.00. The van der Waals surface area contributed by atoms with E-state index in [9.17, 15) is 18.0 Å². The average Bonchev–Trinajstić information content (AvgIpc) is 2.29. The fourth-order valence-corrected chi connectivity index (χ4v) is 1.43. The molecule has 0 heterocycles. The normalized spacial score (nSPS) is 11.4. The third-order valence-corrected chi connectivity index (χ3v) is 2.50. The van der Waals surface area contributed by atoms with E-state index in [0.717, 1.165) is 6.07 Å². The summed E-state index contributed by atoms with van der Waals surface area (Å²) in [6, 6.07) is 1.40. The van der Waals surface area contributed by atoms with E-state index in [1.54, 1.807) is 0 Å². The number of aliphatic carboxylic acids is 1. The van der Waals surface area contributed by atoms with Crippen molar-refractivity contribution < 1.29 is 27.8 Å². The Hall–Kier alpha value is -1.43. The molecule has 0 bridgehead atoms. The molecular weight excluding hydrogens is 273 g/mol. The predicted molar refractivity (Wildman–Crippen MR) is 58.7 cm³/mol. The maximum Gasteiger partial charge on any atom is 0.341 e. The van der Waals surface area contributed by atoms with Crippen molar-refractivity contribution in [3.8, 4) is 5.75 Å². The second-order valence-corrected chi connectivity index (χ2v) is 3.91. The lowest BCUT2D eigenvalue weighted by atomic mass is 10.0. The van der Waals surface area contributed by atoms with Crippen LogP contribution in [-0.2, 0) is 10.7 Å². The molecule has 0 aliphatic rings. The van der Waals surface area contributed by atoms with Crippen LogP contribution < -0.4 is 4.74 Å². The smallest absolute Gasteiger partial charge is 0.341 e. The zero-order chi connectivity index (χ0) is 13.9. The second kappa shape index (κ2) is 5.48. The van der Waals surface area contributed by atoms with Gasteiger partial charge in [-0.2, -0.15) is 0 Å². The third-order valence-electron chi connectivity index (χ3n) is 2.21. The van der Waals surface area contributed by atoms with Gasteiger partial charge in [0.1, 0.15) is 11.6 Å². The van der Waals surface area contributed by atoms with Gasteiger partial charge in [-0.15, -0.1) is 0 Å². The molecular formula is C11H10ClF3O3. The number of carboxylic acids is 1. The largest absolute Gasteiger partial charge is 0.481 e. The number of rotatable bonds is 5. The molecule has 0 aliphatic heterocycles. The second-order valence-electron chi connectivity index (χ2n) is 3.50. The van der Waals surface area contributed by atoms with E-state index in [1.807, 2.05) is 0 Å². The summed E-state index contributed by atoms with van der Waals surface area (Å²) >= 11 is 5.43. The van der Waals surface area contributed by atoms with Gasteiger partial charge >= 0.3 is 5.97 Å². The van der Waals surface area contributed by atoms with Crippen LogP contribution in [-0.4, -0.2) is 17.7 Å². The number of benzene rings is 1. The molecule has 0 aliphatic carbocycles. The summed E-state index contributed by atoms with van der Waals surface area (Å²) in [6.45, 7) is 0.395. The first-order valence-corrected chi connectivity index (χ1v) is 5.37. The summed E-state index contributed by atoms with van der Waals surface area (Å²) in [4.78, 5) is 10.3. The van der Waals surface area contributed by atoms with Gasteiger partial charge in [0, 0.05) is 12.5 Å². The van der Waals surface area contributed by atoms with Crippen LogP contribution in [0.5, 0.6) is 5.75 Å². The van der Waals surface area contributed by atoms with Crippen LogP contribution in [0.4, 0.5) is 13.2 Å². The quantitative estimate of drug-likeness (QED) is 0.900. The summed E-state index contributed by atoms with van der Waals surface area (Å²) in [6.07, 6.45) is -0.543. The van der Waals surface area contributed by atoms with Crippen LogP contribution in [0.3, 0.4) is 0 Å². The van der Waals surface area contributed by atoms with Crippen molar-refractivity contribution in [2.24, 2.45) is 0 Å². The van der Waals surface area contributed by atoms with Crippen molar-refractivity contribution >= 4 is 17.6 Å². The van der Waals surface area contributed by atoms with E-state index in [4.69, 9.17) is 16.7 Å². The lowest BCUT2D eigenvalue weighted by molar-refractivity contribution is -0.139. The summed E-state index contributed by atoms with van der Waals surface area (Å²) < 4.78 is 45.0. The average molecular weight is 283 g/mol. The summed E-state index contributed by atoms with van der Waals surface area (Å²) in [7, 11) is 0. The summed E-state index contributed by atoms with van der Waals surface area (Å²) in [5.41, 5.74) is -0.627. The van der Waals surface area contributed by atoms with Crippen molar-refractivity contribution in [2.45, 2.75) is 19.3 Å². The van der Waals surface area contributed by atoms with Crippen molar-refractivity contribution in [1.82, 2.24) is 0 Å². The molecule has 3 nitrogen and oxygen atoms in total. The molecule has 0 radical (unpaired) electrons. The maximum absolute atomic E-state index is 13.6. The summed E-state index contributed by atoms with van der Waals surface area (Å²) in [5.74, 6) is -6.10. The van der Waals surface area contributed by atoms with Crippen molar-refractivity contribution in [1.29, 1.82) is 0 Å². The Morgan fingerprint density at radius 3 is 2.61 bits per heavy atom. The number of halogens is 4. The van der Waals surface area contributed by atoms with E-state index in [1.165, 1.54) is 6.92 Å². The molecule has 0 amide bonds. The van der Waals surface area contributed by atoms with Crippen LogP contribution >= 0.6 is 11.6 Å². The van der Waals surface area contributed by atoms with Gasteiger partial charge in [-0.1, -0.05) is 18.5 Å². The minimum Gasteiger partial charge on any atom is -0.481 e. The monoisotopic (exact) mass is 282 g/mol. The summed E-state index contributed by atoms with van der Waals surface area (Å²) in [5, 5.41) is 7.95. The Morgan fingerprint density at radius 1 is 1.50 bits per heavy atom. The predicted octanol–water partition coefficient (Wildman–Crippen LogP) is 3.44. The number of carboxylic acid groups (broad SMARTS) is 1. The lowest BCUT2D eigenvalue weighted by Gasteiger charge is -2.18. The molecule has 1 aromatic rings. The molecule has 0 fully saturated rings. The van der Waals surface area contributed by atoms with Gasteiger partial charge in [-0.05, 0) is 6.07 Å². The molecule has 1 rings (SSSR count). The van der Waals surface area contributed by atoms with E-state index in [0.29, 0.717) is 6.07 Å². The minimum atomic E-state index is -3.27. The van der Waals surface area contributed by atoms with Crippen LogP contribution in [0.15, 0.2) is 12.1 Å². The number of carbonyl (C=O) groups is 1. The molecule has 1 aromatic carbocycles. The Balaban J connectivity index is 3.21. The van der Waals surface area contributed by atoms with E-state index in [-0.39, 0.29) is 0 Å². The van der Waals surface area contributed by atoms with Gasteiger partial charge in [0.05, 0.1) is 10.6 Å². The number of hydrogen-bond donors (Lipinski definition) is 1. The molecule has 0 spiro atoms. The molecule has 7 heteroatoms.